The molecule has 5 heterocycles. The Balaban J connectivity index is 1.29. The number of rotatable bonds is 8. The predicted octanol–water partition coefficient (Wildman–Crippen LogP) is 4.91. The quantitative estimate of drug-likeness (QED) is 0.288. The van der Waals surface area contributed by atoms with Crippen molar-refractivity contribution in [2.24, 2.45) is 0 Å². The van der Waals surface area contributed by atoms with E-state index in [1.54, 1.807) is 17.7 Å². The maximum Gasteiger partial charge on any atom is 0.260 e. The van der Waals surface area contributed by atoms with Gasteiger partial charge >= 0.3 is 0 Å². The Kier molecular flexibility index (Phi) is 9.72. The zero-order valence-electron chi connectivity index (χ0n) is 27.5. The molecule has 6 rings (SSSR count). The first-order chi connectivity index (χ1) is 22.2. The summed E-state index contributed by atoms with van der Waals surface area (Å²) >= 11 is 2.01. The third-order valence-corrected chi connectivity index (χ3v) is 10.4. The number of anilines is 2. The SMILES string of the molecule is CC(=O)N1CCCC(c2cc(C)c(-c3cc4cnc(Nc5ccc(C6CN(C)CCS6)cc5)nc4n(CCN(C)C)c3=O)cn2)C1. The van der Waals surface area contributed by atoms with E-state index in [1.165, 1.54) is 5.56 Å². The molecule has 0 aliphatic carbocycles. The van der Waals surface area contributed by atoms with Gasteiger partial charge in [0.1, 0.15) is 5.65 Å². The van der Waals surface area contributed by atoms with Gasteiger partial charge in [-0.3, -0.25) is 19.1 Å². The molecule has 4 aromatic rings. The normalized spacial score (nSPS) is 19.1. The number of aromatic nitrogens is 4. The molecular formula is C35H44N8O2S. The average Bonchev–Trinajstić information content (AvgIpc) is 3.04. The first-order valence-corrected chi connectivity index (χ1v) is 17.2. The maximum absolute atomic E-state index is 14.1. The van der Waals surface area contributed by atoms with E-state index >= 15 is 0 Å². The van der Waals surface area contributed by atoms with Gasteiger partial charge in [-0.2, -0.15) is 16.7 Å². The number of aryl methyl sites for hydroxylation is 1. The van der Waals surface area contributed by atoms with Crippen LogP contribution in [-0.4, -0.2) is 99.7 Å². The van der Waals surface area contributed by atoms with Gasteiger partial charge in [-0.15, -0.1) is 0 Å². The van der Waals surface area contributed by atoms with Gasteiger partial charge in [-0.05, 0) is 76.3 Å². The van der Waals surface area contributed by atoms with Crippen LogP contribution in [-0.2, 0) is 11.3 Å². The molecule has 0 bridgehead atoms. The molecule has 2 aliphatic heterocycles. The van der Waals surface area contributed by atoms with Crippen LogP contribution in [0.2, 0.25) is 0 Å². The summed E-state index contributed by atoms with van der Waals surface area (Å²) in [6, 6.07) is 12.5. The van der Waals surface area contributed by atoms with E-state index in [-0.39, 0.29) is 17.4 Å². The van der Waals surface area contributed by atoms with Gasteiger partial charge in [-0.1, -0.05) is 12.1 Å². The second-order valence-corrected chi connectivity index (χ2v) is 14.2. The highest BCUT2D eigenvalue weighted by atomic mass is 32.2. The highest BCUT2D eigenvalue weighted by Crippen LogP contribution is 2.34. The summed E-state index contributed by atoms with van der Waals surface area (Å²) in [6.07, 6.45) is 5.57. The number of nitrogens with zero attached hydrogens (tertiary/aromatic N) is 7. The lowest BCUT2D eigenvalue weighted by Gasteiger charge is -2.32. The zero-order valence-corrected chi connectivity index (χ0v) is 28.3. The lowest BCUT2D eigenvalue weighted by molar-refractivity contribution is -0.130. The van der Waals surface area contributed by atoms with Crippen LogP contribution in [0.3, 0.4) is 0 Å². The zero-order chi connectivity index (χ0) is 32.4. The molecule has 0 radical (unpaired) electrons. The summed E-state index contributed by atoms with van der Waals surface area (Å²) in [5.41, 5.74) is 6.07. The minimum atomic E-state index is -0.101. The molecule has 2 unspecified atom stereocenters. The van der Waals surface area contributed by atoms with E-state index in [0.29, 0.717) is 42.0 Å². The molecule has 10 nitrogen and oxygen atoms in total. The molecule has 2 saturated heterocycles. The summed E-state index contributed by atoms with van der Waals surface area (Å²) in [4.78, 5) is 46.8. The Labute approximate surface area is 275 Å². The molecule has 0 saturated carbocycles. The van der Waals surface area contributed by atoms with Crippen molar-refractivity contribution in [1.82, 2.24) is 34.2 Å². The number of thioether (sulfide) groups is 1. The van der Waals surface area contributed by atoms with E-state index in [0.717, 1.165) is 66.1 Å². The number of carbonyl (C=O) groups excluding carboxylic acids is 1. The van der Waals surface area contributed by atoms with Crippen LogP contribution in [0.4, 0.5) is 11.6 Å². The summed E-state index contributed by atoms with van der Waals surface area (Å²) in [5, 5.41) is 4.62. The first-order valence-electron chi connectivity index (χ1n) is 16.1. The van der Waals surface area contributed by atoms with Crippen molar-refractivity contribution in [3.8, 4) is 11.1 Å². The van der Waals surface area contributed by atoms with Crippen molar-refractivity contribution in [3.63, 3.8) is 0 Å². The number of hydrogen-bond donors (Lipinski definition) is 1. The number of likely N-dealkylation sites (tertiary alicyclic amines) is 1. The number of benzene rings is 1. The van der Waals surface area contributed by atoms with Crippen LogP contribution in [0.5, 0.6) is 0 Å². The number of pyridine rings is 2. The van der Waals surface area contributed by atoms with Crippen molar-refractivity contribution >= 4 is 40.3 Å². The minimum Gasteiger partial charge on any atom is -0.342 e. The van der Waals surface area contributed by atoms with Crippen molar-refractivity contribution < 1.29 is 4.79 Å². The molecule has 11 heteroatoms. The van der Waals surface area contributed by atoms with E-state index in [9.17, 15) is 9.59 Å². The fraction of sp³-hybridized carbons (Fsp3) is 0.457. The lowest BCUT2D eigenvalue weighted by atomic mass is 9.92. The van der Waals surface area contributed by atoms with Crippen LogP contribution in [0.15, 0.2) is 53.6 Å². The van der Waals surface area contributed by atoms with Crippen molar-refractivity contribution in [3.05, 3.63) is 76.0 Å². The molecule has 1 amide bonds. The first kappa shape index (κ1) is 32.2. The Hall–Kier alpha value is -3.80. The molecule has 46 heavy (non-hydrogen) atoms. The molecular weight excluding hydrogens is 597 g/mol. The summed E-state index contributed by atoms with van der Waals surface area (Å²) in [7, 11) is 6.17. The molecule has 242 valence electrons. The fourth-order valence-corrected chi connectivity index (χ4v) is 7.81. The van der Waals surface area contributed by atoms with Crippen LogP contribution in [0.1, 0.15) is 47.8 Å². The average molecular weight is 641 g/mol. The molecule has 2 atom stereocenters. The topological polar surface area (TPSA) is 99.5 Å². The Morgan fingerprint density at radius 2 is 1.87 bits per heavy atom. The van der Waals surface area contributed by atoms with E-state index < -0.39 is 0 Å². The smallest absolute Gasteiger partial charge is 0.260 e. The van der Waals surface area contributed by atoms with Gasteiger partial charge in [0.05, 0.1) is 0 Å². The number of fused-ring (bicyclic) bond motifs is 1. The number of nitrogens with one attached hydrogen (secondary N) is 1. The third-order valence-electron chi connectivity index (χ3n) is 9.11. The largest absolute Gasteiger partial charge is 0.342 e. The van der Waals surface area contributed by atoms with Crippen molar-refractivity contribution in [1.29, 1.82) is 0 Å². The Morgan fingerprint density at radius 1 is 1.07 bits per heavy atom. The second kappa shape index (κ2) is 13.9. The molecule has 0 spiro atoms. The second-order valence-electron chi connectivity index (χ2n) is 12.9. The summed E-state index contributed by atoms with van der Waals surface area (Å²) in [6.45, 7) is 8.50. The van der Waals surface area contributed by atoms with Gasteiger partial charge < -0.3 is 20.0 Å². The van der Waals surface area contributed by atoms with Crippen molar-refractivity contribution in [2.45, 2.75) is 44.4 Å². The number of amides is 1. The van der Waals surface area contributed by atoms with E-state index in [1.807, 2.05) is 49.9 Å². The van der Waals surface area contributed by atoms with Crippen LogP contribution < -0.4 is 10.9 Å². The highest BCUT2D eigenvalue weighted by molar-refractivity contribution is 7.99. The molecule has 3 aromatic heterocycles. The third kappa shape index (κ3) is 7.11. The minimum absolute atomic E-state index is 0.101. The standard InChI is InChI=1S/C35H44N8O2S/c1-23-17-31(26-7-6-12-42(21-26)24(2)44)36-20-30(23)29-18-27-19-37-35(39-33(27)43(34(29)45)14-13-40(3)4)38-28-10-8-25(9-11-28)32-22-41(5)15-16-46-32/h8-11,17-20,26,32H,6-7,12-16,21-22H2,1-5H3,(H,37,38,39). The predicted molar refractivity (Wildman–Crippen MR) is 187 cm³/mol. The summed E-state index contributed by atoms with van der Waals surface area (Å²) < 4.78 is 1.76. The summed E-state index contributed by atoms with van der Waals surface area (Å²) in [5.74, 6) is 1.90. The number of hydrogen-bond acceptors (Lipinski definition) is 9. The Morgan fingerprint density at radius 3 is 2.59 bits per heavy atom. The van der Waals surface area contributed by atoms with Crippen LogP contribution >= 0.6 is 11.8 Å². The molecule has 1 aromatic carbocycles. The fourth-order valence-electron chi connectivity index (χ4n) is 6.40. The highest BCUT2D eigenvalue weighted by Gasteiger charge is 2.25. The van der Waals surface area contributed by atoms with Gasteiger partial charge in [0.2, 0.25) is 11.9 Å². The van der Waals surface area contributed by atoms with Gasteiger partial charge in [0, 0.05) is 103 Å². The Bertz CT molecular complexity index is 1770. The van der Waals surface area contributed by atoms with Gasteiger partial charge in [-0.25, -0.2) is 4.98 Å². The van der Waals surface area contributed by atoms with Crippen LogP contribution in [0.25, 0.3) is 22.2 Å². The number of piperidine rings is 1. The number of likely N-dealkylation sites (N-methyl/N-ethyl adjacent to an activating group) is 2. The number of carbonyl (C=O) groups is 1. The van der Waals surface area contributed by atoms with Gasteiger partial charge in [0.25, 0.3) is 5.56 Å². The maximum atomic E-state index is 14.1. The lowest BCUT2D eigenvalue weighted by Crippen LogP contribution is -2.37. The molecule has 1 N–H and O–H groups in total. The van der Waals surface area contributed by atoms with E-state index in [4.69, 9.17) is 9.97 Å². The van der Waals surface area contributed by atoms with Crippen LogP contribution in [0, 0.1) is 6.92 Å². The molecule has 2 aliphatic rings. The monoisotopic (exact) mass is 640 g/mol. The molecule has 2 fully saturated rings. The van der Waals surface area contributed by atoms with Gasteiger partial charge in [0.15, 0.2) is 0 Å². The van der Waals surface area contributed by atoms with E-state index in [2.05, 4.69) is 57.5 Å². The van der Waals surface area contributed by atoms with Crippen molar-refractivity contribution in [2.75, 3.05) is 64.9 Å².